The van der Waals surface area contributed by atoms with E-state index >= 15 is 0 Å². The quantitative estimate of drug-likeness (QED) is 0.192. The average molecular weight is 637 g/mol. The van der Waals surface area contributed by atoms with Gasteiger partial charge in [-0.3, -0.25) is 9.36 Å². The number of imidazole rings is 1. The van der Waals surface area contributed by atoms with Crippen LogP contribution >= 0.6 is 0 Å². The number of fused-ring (bicyclic) bond motifs is 9. The van der Waals surface area contributed by atoms with Crippen molar-refractivity contribution in [3.05, 3.63) is 139 Å². The molecule has 3 aliphatic rings. The fourth-order valence-corrected chi connectivity index (χ4v) is 8.08. The zero-order valence-corrected chi connectivity index (χ0v) is 27.2. The largest absolute Gasteiger partial charge is 0.338 e. The molecule has 10 rings (SSSR count). The minimum absolute atomic E-state index is 0.0585. The summed E-state index contributed by atoms with van der Waals surface area (Å²) in [4.78, 5) is 28.9. The SMILES string of the molecule is CCN1c2ccccc2N(c2cc3c(cc2N2c4ccccc4N(CC)c4ccccc42)-c2nc4ccccc4n2C3=O)c2ccccc21. The summed E-state index contributed by atoms with van der Waals surface area (Å²) >= 11 is 0. The molecule has 0 bridgehead atoms. The Kier molecular flexibility index (Phi) is 5.85. The van der Waals surface area contributed by atoms with E-state index in [1.807, 2.05) is 24.3 Å². The Hall–Kier alpha value is -6.34. The second kappa shape index (κ2) is 10.3. The number of benzene rings is 6. The number of hydrogen-bond acceptors (Lipinski definition) is 6. The van der Waals surface area contributed by atoms with Gasteiger partial charge in [-0.1, -0.05) is 60.7 Å². The Morgan fingerprint density at radius 3 is 1.31 bits per heavy atom. The second-order valence-corrected chi connectivity index (χ2v) is 12.6. The van der Waals surface area contributed by atoms with Crippen molar-refractivity contribution in [1.29, 1.82) is 0 Å². The van der Waals surface area contributed by atoms with E-state index in [0.29, 0.717) is 11.4 Å². The predicted octanol–water partition coefficient (Wildman–Crippen LogP) is 10.6. The highest BCUT2D eigenvalue weighted by Gasteiger charge is 2.38. The maximum atomic E-state index is 14.4. The molecule has 236 valence electrons. The van der Waals surface area contributed by atoms with Crippen LogP contribution in [0.5, 0.6) is 0 Å². The molecule has 3 aliphatic heterocycles. The molecule has 6 aromatic carbocycles. The molecular formula is C42H32N6O. The fourth-order valence-electron chi connectivity index (χ4n) is 8.08. The van der Waals surface area contributed by atoms with Gasteiger partial charge in [0, 0.05) is 18.7 Å². The topological polar surface area (TPSA) is 47.9 Å². The number of carbonyl (C=O) groups is 1. The number of aromatic nitrogens is 2. The molecule has 7 heteroatoms. The number of carbonyl (C=O) groups excluding carboxylic acids is 1. The van der Waals surface area contributed by atoms with Gasteiger partial charge in [-0.05, 0) is 86.6 Å². The van der Waals surface area contributed by atoms with Gasteiger partial charge in [0.2, 0.25) is 0 Å². The number of hydrogen-bond donors (Lipinski definition) is 0. The molecule has 0 amide bonds. The lowest BCUT2D eigenvalue weighted by molar-refractivity contribution is 0.0973. The predicted molar refractivity (Wildman–Crippen MR) is 200 cm³/mol. The summed E-state index contributed by atoms with van der Waals surface area (Å²) in [5.74, 6) is 0.622. The van der Waals surface area contributed by atoms with Gasteiger partial charge in [-0.25, -0.2) is 4.98 Å². The third-order valence-corrected chi connectivity index (χ3v) is 10.1. The van der Waals surface area contributed by atoms with Gasteiger partial charge in [0.25, 0.3) is 5.91 Å². The Balaban J connectivity index is 1.32. The summed E-state index contributed by atoms with van der Waals surface area (Å²) in [6.45, 7) is 6.04. The molecule has 0 atom stereocenters. The van der Waals surface area contributed by atoms with E-state index in [-0.39, 0.29) is 5.91 Å². The molecule has 1 aromatic heterocycles. The molecule has 0 saturated carbocycles. The Bertz CT molecular complexity index is 2400. The van der Waals surface area contributed by atoms with Crippen molar-refractivity contribution in [2.24, 2.45) is 0 Å². The van der Waals surface area contributed by atoms with E-state index in [1.165, 1.54) is 0 Å². The first-order valence-corrected chi connectivity index (χ1v) is 16.9. The third kappa shape index (κ3) is 3.72. The summed E-state index contributed by atoms with van der Waals surface area (Å²) in [7, 11) is 0. The Morgan fingerprint density at radius 1 is 0.469 bits per heavy atom. The van der Waals surface area contributed by atoms with Gasteiger partial charge in [-0.2, -0.15) is 0 Å². The maximum Gasteiger partial charge on any atom is 0.264 e. The molecule has 0 N–H and O–H groups in total. The van der Waals surface area contributed by atoms with Crippen LogP contribution in [0.3, 0.4) is 0 Å². The van der Waals surface area contributed by atoms with Crippen molar-refractivity contribution < 1.29 is 4.79 Å². The van der Waals surface area contributed by atoms with E-state index in [0.717, 1.165) is 86.6 Å². The number of rotatable bonds is 4. The van der Waals surface area contributed by atoms with E-state index < -0.39 is 0 Å². The molecule has 49 heavy (non-hydrogen) atoms. The van der Waals surface area contributed by atoms with Crippen molar-refractivity contribution in [1.82, 2.24) is 9.55 Å². The van der Waals surface area contributed by atoms with E-state index in [2.05, 4.69) is 143 Å². The Morgan fingerprint density at radius 2 is 0.857 bits per heavy atom. The van der Waals surface area contributed by atoms with Crippen LogP contribution in [0.15, 0.2) is 133 Å². The van der Waals surface area contributed by atoms with Crippen molar-refractivity contribution >= 4 is 73.8 Å². The normalized spacial score (nSPS) is 14.0. The van der Waals surface area contributed by atoms with Crippen LogP contribution in [0.25, 0.3) is 22.4 Å². The van der Waals surface area contributed by atoms with E-state index in [9.17, 15) is 4.79 Å². The van der Waals surface area contributed by atoms with Crippen LogP contribution in [0.2, 0.25) is 0 Å². The van der Waals surface area contributed by atoms with Crippen molar-refractivity contribution in [2.45, 2.75) is 13.8 Å². The highest BCUT2D eigenvalue weighted by Crippen LogP contribution is 2.58. The van der Waals surface area contributed by atoms with E-state index in [1.54, 1.807) is 4.57 Å². The summed E-state index contributed by atoms with van der Waals surface area (Å²) in [6, 6.07) is 46.5. The molecule has 0 radical (unpaired) electrons. The van der Waals surface area contributed by atoms with Gasteiger partial charge in [0.1, 0.15) is 5.82 Å². The van der Waals surface area contributed by atoms with Gasteiger partial charge in [-0.15, -0.1) is 0 Å². The number of nitrogens with zero attached hydrogens (tertiary/aromatic N) is 6. The van der Waals surface area contributed by atoms with Crippen molar-refractivity contribution in [3.8, 4) is 11.4 Å². The average Bonchev–Trinajstić information content (AvgIpc) is 3.66. The minimum Gasteiger partial charge on any atom is -0.338 e. The standard InChI is InChI=1S/C42H32N6O/c1-3-44-31-17-7-11-21-35(31)46(36-22-12-8-18-32(36)44)39-25-27-28(42(49)48-30-16-6-5-15-29(30)43-41(27)48)26-40(39)47-37-23-13-9-19-33(37)45(4-2)34-20-10-14-24-38(34)47/h5-26H,3-4H2,1-2H3. The highest BCUT2D eigenvalue weighted by atomic mass is 16.2. The number of para-hydroxylation sites is 10. The van der Waals surface area contributed by atoms with Crippen molar-refractivity contribution in [2.75, 3.05) is 32.7 Å². The first kappa shape index (κ1) is 27.7. The molecule has 0 unspecified atom stereocenters. The lowest BCUT2D eigenvalue weighted by atomic mass is 9.99. The molecule has 0 saturated heterocycles. The van der Waals surface area contributed by atoms with Gasteiger partial charge in [0.15, 0.2) is 0 Å². The monoisotopic (exact) mass is 636 g/mol. The zero-order valence-electron chi connectivity index (χ0n) is 27.2. The minimum atomic E-state index is -0.0585. The lowest BCUT2D eigenvalue weighted by Gasteiger charge is -2.44. The van der Waals surface area contributed by atoms with Crippen LogP contribution < -0.4 is 19.6 Å². The summed E-state index contributed by atoms with van der Waals surface area (Å²) < 4.78 is 1.78. The first-order valence-electron chi connectivity index (χ1n) is 16.9. The lowest BCUT2D eigenvalue weighted by Crippen LogP contribution is -2.30. The van der Waals surface area contributed by atoms with Crippen LogP contribution in [-0.4, -0.2) is 28.5 Å². The Labute approximate surface area is 284 Å². The molecule has 0 fully saturated rings. The van der Waals surface area contributed by atoms with Crippen LogP contribution in [-0.2, 0) is 0 Å². The summed E-state index contributed by atoms with van der Waals surface area (Å²) in [5.41, 5.74) is 13.8. The smallest absolute Gasteiger partial charge is 0.264 e. The van der Waals surface area contributed by atoms with Gasteiger partial charge < -0.3 is 19.6 Å². The van der Waals surface area contributed by atoms with Crippen LogP contribution in [0.4, 0.5) is 56.9 Å². The highest BCUT2D eigenvalue weighted by molar-refractivity contribution is 6.16. The molecule has 7 aromatic rings. The maximum absolute atomic E-state index is 14.4. The summed E-state index contributed by atoms with van der Waals surface area (Å²) in [6.07, 6.45) is 0. The third-order valence-electron chi connectivity index (χ3n) is 10.1. The molecule has 7 nitrogen and oxygen atoms in total. The van der Waals surface area contributed by atoms with Gasteiger partial charge in [0.05, 0.1) is 73.5 Å². The van der Waals surface area contributed by atoms with E-state index in [4.69, 9.17) is 4.98 Å². The molecular weight excluding hydrogens is 605 g/mol. The molecule has 0 aliphatic carbocycles. The molecule has 0 spiro atoms. The second-order valence-electron chi connectivity index (χ2n) is 12.6. The number of anilines is 10. The summed E-state index contributed by atoms with van der Waals surface area (Å²) in [5, 5.41) is 0. The van der Waals surface area contributed by atoms with Crippen molar-refractivity contribution in [3.63, 3.8) is 0 Å². The zero-order chi connectivity index (χ0) is 32.8. The molecule has 4 heterocycles. The first-order chi connectivity index (χ1) is 24.2. The van der Waals surface area contributed by atoms with Crippen LogP contribution in [0.1, 0.15) is 24.2 Å². The fraction of sp³-hybridized carbons (Fsp3) is 0.0952. The van der Waals surface area contributed by atoms with Crippen LogP contribution in [0, 0.1) is 0 Å². The van der Waals surface area contributed by atoms with Gasteiger partial charge >= 0.3 is 0 Å².